The van der Waals surface area contributed by atoms with E-state index in [1.54, 1.807) is 0 Å². The minimum atomic E-state index is -3.48. The predicted molar refractivity (Wildman–Crippen MR) is 72.2 cm³/mol. The zero-order valence-corrected chi connectivity index (χ0v) is 12.4. The summed E-state index contributed by atoms with van der Waals surface area (Å²) < 4.78 is 26.5. The number of hydrogen-bond acceptors (Lipinski definition) is 4. The number of aliphatic hydroxyl groups excluding tert-OH is 1. The van der Waals surface area contributed by atoms with Crippen molar-refractivity contribution in [2.24, 2.45) is 0 Å². The van der Waals surface area contributed by atoms with E-state index in [1.807, 2.05) is 20.9 Å². The fourth-order valence-electron chi connectivity index (χ4n) is 2.21. The van der Waals surface area contributed by atoms with Gasteiger partial charge < -0.3 is 10.1 Å². The Labute approximate surface area is 114 Å². The highest BCUT2D eigenvalue weighted by Crippen LogP contribution is 2.25. The van der Waals surface area contributed by atoms with E-state index in [0.717, 1.165) is 0 Å². The van der Waals surface area contributed by atoms with Gasteiger partial charge in [0.15, 0.2) is 0 Å². The van der Waals surface area contributed by atoms with Gasteiger partial charge in [-0.05, 0) is 27.0 Å². The Morgan fingerprint density at radius 3 is 2.63 bits per heavy atom. The highest BCUT2D eigenvalue weighted by Gasteiger charge is 2.37. The monoisotopic (exact) mass is 287 g/mol. The molecule has 1 aliphatic heterocycles. The molecule has 0 radical (unpaired) electrons. The van der Waals surface area contributed by atoms with Gasteiger partial charge in [0.25, 0.3) is 0 Å². The SMILES string of the molecule is CN1CCN(S(=O)(=O)c2c[nH]c(CO)c2)CC1(C)C. The first-order valence-electron chi connectivity index (χ1n) is 6.27. The number of aromatic nitrogens is 1. The second-order valence-corrected chi connectivity index (χ2v) is 7.53. The summed E-state index contributed by atoms with van der Waals surface area (Å²) in [5.41, 5.74) is 0.327. The van der Waals surface area contributed by atoms with E-state index in [-0.39, 0.29) is 17.0 Å². The summed E-state index contributed by atoms with van der Waals surface area (Å²) in [5, 5.41) is 9.00. The molecule has 108 valence electrons. The molecular weight excluding hydrogens is 266 g/mol. The van der Waals surface area contributed by atoms with Gasteiger partial charge >= 0.3 is 0 Å². The van der Waals surface area contributed by atoms with Gasteiger partial charge in [0.2, 0.25) is 10.0 Å². The van der Waals surface area contributed by atoms with Gasteiger partial charge in [0.1, 0.15) is 0 Å². The third-order valence-corrected chi connectivity index (χ3v) is 5.63. The third kappa shape index (κ3) is 2.69. The number of sulfonamides is 1. The summed E-state index contributed by atoms with van der Waals surface area (Å²) in [5.74, 6) is 0. The van der Waals surface area contributed by atoms with Crippen molar-refractivity contribution in [1.29, 1.82) is 0 Å². The van der Waals surface area contributed by atoms with Crippen LogP contribution in [0.5, 0.6) is 0 Å². The van der Waals surface area contributed by atoms with Crippen molar-refractivity contribution in [1.82, 2.24) is 14.2 Å². The first-order chi connectivity index (χ1) is 8.77. The van der Waals surface area contributed by atoms with E-state index in [2.05, 4.69) is 9.88 Å². The molecule has 0 unspecified atom stereocenters. The minimum Gasteiger partial charge on any atom is -0.390 e. The van der Waals surface area contributed by atoms with Crippen molar-refractivity contribution in [2.75, 3.05) is 26.7 Å². The minimum absolute atomic E-state index is 0.179. The van der Waals surface area contributed by atoms with Crippen LogP contribution in [-0.4, -0.2) is 59.9 Å². The van der Waals surface area contributed by atoms with Gasteiger partial charge in [-0.3, -0.25) is 4.90 Å². The number of H-pyrrole nitrogens is 1. The van der Waals surface area contributed by atoms with Gasteiger partial charge in [-0.25, -0.2) is 8.42 Å². The average Bonchev–Trinajstić information content (AvgIpc) is 2.81. The topological polar surface area (TPSA) is 76.6 Å². The van der Waals surface area contributed by atoms with Gasteiger partial charge in [-0.1, -0.05) is 0 Å². The molecular formula is C12H21N3O3S. The van der Waals surface area contributed by atoms with E-state index >= 15 is 0 Å². The molecule has 2 N–H and O–H groups in total. The van der Waals surface area contributed by atoms with E-state index in [9.17, 15) is 8.42 Å². The summed E-state index contributed by atoms with van der Waals surface area (Å²) in [7, 11) is -1.48. The summed E-state index contributed by atoms with van der Waals surface area (Å²) in [4.78, 5) is 5.15. The van der Waals surface area contributed by atoms with E-state index < -0.39 is 10.0 Å². The Morgan fingerprint density at radius 2 is 2.11 bits per heavy atom. The predicted octanol–water partition coefficient (Wildman–Crippen LogP) is 0.222. The van der Waals surface area contributed by atoms with Crippen molar-refractivity contribution in [3.63, 3.8) is 0 Å². The smallest absolute Gasteiger partial charge is 0.244 e. The van der Waals surface area contributed by atoms with Crippen LogP contribution in [0.15, 0.2) is 17.2 Å². The van der Waals surface area contributed by atoms with Crippen LogP contribution >= 0.6 is 0 Å². The molecule has 0 aliphatic carbocycles. The fourth-order valence-corrected chi connectivity index (χ4v) is 3.81. The highest BCUT2D eigenvalue weighted by atomic mass is 32.2. The van der Waals surface area contributed by atoms with Crippen molar-refractivity contribution in [3.05, 3.63) is 18.0 Å². The van der Waals surface area contributed by atoms with Gasteiger partial charge in [-0.15, -0.1) is 0 Å². The molecule has 0 bridgehead atoms. The number of piperazine rings is 1. The molecule has 0 amide bonds. The lowest BCUT2D eigenvalue weighted by Gasteiger charge is -2.44. The number of rotatable bonds is 3. The molecule has 1 aliphatic rings. The van der Waals surface area contributed by atoms with Crippen molar-refractivity contribution < 1.29 is 13.5 Å². The number of hydrogen-bond donors (Lipinski definition) is 2. The second-order valence-electron chi connectivity index (χ2n) is 5.59. The molecule has 1 fully saturated rings. The summed E-state index contributed by atoms with van der Waals surface area (Å²) in [6.45, 7) is 5.54. The van der Waals surface area contributed by atoms with Crippen molar-refractivity contribution in [2.45, 2.75) is 30.9 Å². The fraction of sp³-hybridized carbons (Fsp3) is 0.667. The van der Waals surface area contributed by atoms with Crippen molar-refractivity contribution in [3.8, 4) is 0 Å². The number of nitrogens with one attached hydrogen (secondary N) is 1. The molecule has 1 saturated heterocycles. The van der Waals surface area contributed by atoms with Crippen LogP contribution in [0.3, 0.4) is 0 Å². The quantitative estimate of drug-likeness (QED) is 0.834. The molecule has 2 heterocycles. The second kappa shape index (κ2) is 4.90. The van der Waals surface area contributed by atoms with Crippen LogP contribution in [0.2, 0.25) is 0 Å². The Kier molecular flexibility index (Phi) is 3.74. The van der Waals surface area contributed by atoms with E-state index in [0.29, 0.717) is 25.3 Å². The number of aliphatic hydroxyl groups is 1. The van der Waals surface area contributed by atoms with Gasteiger partial charge in [0, 0.05) is 37.1 Å². The van der Waals surface area contributed by atoms with E-state index in [1.165, 1.54) is 16.6 Å². The summed E-state index contributed by atoms with van der Waals surface area (Å²) in [6, 6.07) is 1.49. The molecule has 7 heteroatoms. The zero-order valence-electron chi connectivity index (χ0n) is 11.5. The normalized spacial score (nSPS) is 21.7. The molecule has 2 rings (SSSR count). The molecule has 19 heavy (non-hydrogen) atoms. The van der Waals surface area contributed by atoms with E-state index in [4.69, 9.17) is 5.11 Å². The van der Waals surface area contributed by atoms with Gasteiger partial charge in [0.05, 0.1) is 11.5 Å². The van der Waals surface area contributed by atoms with Crippen LogP contribution in [-0.2, 0) is 16.6 Å². The Hall–Kier alpha value is -0.890. The van der Waals surface area contributed by atoms with Crippen LogP contribution in [0.1, 0.15) is 19.5 Å². The molecule has 1 aromatic rings. The Bertz CT molecular complexity index is 550. The lowest BCUT2D eigenvalue weighted by Crippen LogP contribution is -2.58. The van der Waals surface area contributed by atoms with Crippen LogP contribution in [0.4, 0.5) is 0 Å². The lowest BCUT2D eigenvalue weighted by molar-refractivity contribution is 0.0801. The molecule has 0 spiro atoms. The van der Waals surface area contributed by atoms with Crippen molar-refractivity contribution >= 4 is 10.0 Å². The maximum absolute atomic E-state index is 12.5. The highest BCUT2D eigenvalue weighted by molar-refractivity contribution is 7.89. The molecule has 0 saturated carbocycles. The lowest BCUT2D eigenvalue weighted by atomic mass is 10.0. The summed E-state index contributed by atoms with van der Waals surface area (Å²) in [6.07, 6.45) is 1.44. The molecule has 1 aromatic heterocycles. The molecule has 6 nitrogen and oxygen atoms in total. The standard InChI is InChI=1S/C12H21N3O3S/c1-12(2)9-15(5-4-14(12)3)19(17,18)11-6-10(8-16)13-7-11/h6-7,13,16H,4-5,8-9H2,1-3H3. The van der Waals surface area contributed by atoms with Crippen LogP contribution < -0.4 is 0 Å². The first kappa shape index (κ1) is 14.5. The Morgan fingerprint density at radius 1 is 1.42 bits per heavy atom. The molecule has 0 atom stereocenters. The first-order valence-corrected chi connectivity index (χ1v) is 7.71. The zero-order chi connectivity index (χ0) is 14.3. The number of nitrogens with zero attached hydrogens (tertiary/aromatic N) is 2. The summed E-state index contributed by atoms with van der Waals surface area (Å²) >= 11 is 0. The van der Waals surface area contributed by atoms with Crippen LogP contribution in [0, 0.1) is 0 Å². The van der Waals surface area contributed by atoms with Gasteiger partial charge in [-0.2, -0.15) is 4.31 Å². The van der Waals surface area contributed by atoms with Crippen LogP contribution in [0.25, 0.3) is 0 Å². The largest absolute Gasteiger partial charge is 0.390 e. The average molecular weight is 287 g/mol. The maximum Gasteiger partial charge on any atom is 0.244 e. The third-order valence-electron chi connectivity index (χ3n) is 3.81. The maximum atomic E-state index is 12.5. The number of aromatic amines is 1. The molecule has 0 aromatic carbocycles. The Balaban J connectivity index is 2.25. The number of likely N-dealkylation sites (N-methyl/N-ethyl adjacent to an activating group) is 1.